The fraction of sp³-hybridized carbons (Fsp3) is 0.167. The van der Waals surface area contributed by atoms with Crippen LogP contribution in [0.1, 0.15) is 0 Å². The number of rotatable bonds is 1. The summed E-state index contributed by atoms with van der Waals surface area (Å²) in [5, 5.41) is 4.16. The van der Waals surface area contributed by atoms with E-state index in [9.17, 15) is 0 Å². The molecule has 2 heterocycles. The lowest BCUT2D eigenvalue weighted by molar-refractivity contribution is 0.779. The number of hydrogen-bond acceptors (Lipinski definition) is 3. The quantitative estimate of drug-likeness (QED) is 0.686. The number of anilines is 1. The highest BCUT2D eigenvalue weighted by Gasteiger charge is 2.12. The highest BCUT2D eigenvalue weighted by molar-refractivity contribution is 5.94. The Kier molecular flexibility index (Phi) is 1.95. The Bertz CT molecular complexity index is 692. The van der Waals surface area contributed by atoms with E-state index in [0.29, 0.717) is 5.82 Å². The van der Waals surface area contributed by atoms with Crippen molar-refractivity contribution in [1.82, 2.24) is 19.3 Å². The summed E-state index contributed by atoms with van der Waals surface area (Å²) in [5.41, 5.74) is 9.99. The molecular weight excluding hydrogens is 214 g/mol. The van der Waals surface area contributed by atoms with E-state index in [1.165, 1.54) is 0 Å². The first kappa shape index (κ1) is 9.89. The third-order valence-electron chi connectivity index (χ3n) is 3.03. The zero-order valence-electron chi connectivity index (χ0n) is 9.75. The minimum atomic E-state index is 0.656. The van der Waals surface area contributed by atoms with E-state index in [4.69, 9.17) is 5.73 Å². The maximum Gasteiger partial charge on any atom is 0.129 e. The number of nitrogen functional groups attached to an aromatic ring is 1. The molecule has 0 aliphatic carbocycles. The average Bonchev–Trinajstić information content (AvgIpc) is 2.86. The Hall–Kier alpha value is -2.30. The third kappa shape index (κ3) is 1.32. The highest BCUT2D eigenvalue weighted by atomic mass is 15.3. The van der Waals surface area contributed by atoms with Crippen LogP contribution in [0.4, 0.5) is 5.82 Å². The normalized spacial score (nSPS) is 11.2. The first-order chi connectivity index (χ1) is 8.18. The first-order valence-corrected chi connectivity index (χ1v) is 5.36. The Labute approximate surface area is 98.5 Å². The second-order valence-corrected chi connectivity index (χ2v) is 4.10. The maximum atomic E-state index is 6.00. The number of imidazole rings is 1. The molecule has 0 fully saturated rings. The van der Waals surface area contributed by atoms with Crippen LogP contribution < -0.4 is 5.73 Å². The molecule has 0 unspecified atom stereocenters. The molecule has 86 valence electrons. The Morgan fingerprint density at radius 3 is 2.71 bits per heavy atom. The molecule has 5 nitrogen and oxygen atoms in total. The van der Waals surface area contributed by atoms with Gasteiger partial charge in [-0.05, 0) is 6.07 Å². The van der Waals surface area contributed by atoms with Crippen LogP contribution in [-0.4, -0.2) is 19.3 Å². The lowest BCUT2D eigenvalue weighted by Gasteiger charge is -2.02. The molecule has 1 aromatic carbocycles. The standard InChI is InChI=1S/C12H13N5/c1-16-7-14-11-8(4-3-5-10(11)16)9-6-15-17(2)12(9)13/h3-7H,13H2,1-2H3. The van der Waals surface area contributed by atoms with Crippen molar-refractivity contribution >= 4 is 16.9 Å². The summed E-state index contributed by atoms with van der Waals surface area (Å²) in [6, 6.07) is 6.06. The van der Waals surface area contributed by atoms with Gasteiger partial charge in [-0.15, -0.1) is 0 Å². The maximum absolute atomic E-state index is 6.00. The molecule has 0 saturated heterocycles. The van der Waals surface area contributed by atoms with Crippen LogP contribution in [0.25, 0.3) is 22.2 Å². The topological polar surface area (TPSA) is 61.7 Å². The van der Waals surface area contributed by atoms with Gasteiger partial charge < -0.3 is 10.3 Å². The van der Waals surface area contributed by atoms with Gasteiger partial charge in [0.1, 0.15) is 5.82 Å². The number of fused-ring (bicyclic) bond motifs is 1. The molecule has 0 radical (unpaired) electrons. The minimum Gasteiger partial charge on any atom is -0.383 e. The average molecular weight is 227 g/mol. The molecule has 0 spiro atoms. The summed E-state index contributed by atoms with van der Waals surface area (Å²) < 4.78 is 3.66. The van der Waals surface area contributed by atoms with Gasteiger partial charge in [0.25, 0.3) is 0 Å². The fourth-order valence-corrected chi connectivity index (χ4v) is 2.03. The number of hydrogen-bond donors (Lipinski definition) is 1. The van der Waals surface area contributed by atoms with Crippen LogP contribution in [0.15, 0.2) is 30.7 Å². The third-order valence-corrected chi connectivity index (χ3v) is 3.03. The van der Waals surface area contributed by atoms with Crippen LogP contribution in [0.3, 0.4) is 0 Å². The molecule has 0 aliphatic rings. The van der Waals surface area contributed by atoms with Crippen LogP contribution in [0.5, 0.6) is 0 Å². The van der Waals surface area contributed by atoms with Crippen LogP contribution >= 0.6 is 0 Å². The summed E-state index contributed by atoms with van der Waals surface area (Å²) in [5.74, 6) is 0.656. The lowest BCUT2D eigenvalue weighted by Crippen LogP contribution is -1.98. The van der Waals surface area contributed by atoms with Gasteiger partial charge in [0, 0.05) is 25.2 Å². The van der Waals surface area contributed by atoms with E-state index in [0.717, 1.165) is 22.2 Å². The van der Waals surface area contributed by atoms with Gasteiger partial charge >= 0.3 is 0 Å². The molecule has 3 aromatic rings. The van der Waals surface area contributed by atoms with Gasteiger partial charge in [0.2, 0.25) is 0 Å². The summed E-state index contributed by atoms with van der Waals surface area (Å²) in [6.45, 7) is 0. The molecule has 5 heteroatoms. The van der Waals surface area contributed by atoms with Gasteiger partial charge in [-0.2, -0.15) is 5.10 Å². The molecule has 17 heavy (non-hydrogen) atoms. The number of aromatic nitrogens is 4. The van der Waals surface area contributed by atoms with Crippen molar-refractivity contribution in [3.8, 4) is 11.1 Å². The second kappa shape index (κ2) is 3.35. The number of benzene rings is 1. The SMILES string of the molecule is Cn1ncc(-c2cccc3c2ncn3C)c1N. The zero-order valence-corrected chi connectivity index (χ0v) is 9.75. The van der Waals surface area contributed by atoms with Crippen molar-refractivity contribution in [2.45, 2.75) is 0 Å². The summed E-state index contributed by atoms with van der Waals surface area (Å²) in [4.78, 5) is 4.42. The largest absolute Gasteiger partial charge is 0.383 e. The minimum absolute atomic E-state index is 0.656. The van der Waals surface area contributed by atoms with E-state index in [1.807, 2.05) is 36.9 Å². The van der Waals surface area contributed by atoms with Crippen molar-refractivity contribution < 1.29 is 0 Å². The monoisotopic (exact) mass is 227 g/mol. The van der Waals surface area contributed by atoms with Gasteiger partial charge in [-0.25, -0.2) is 4.98 Å². The van der Waals surface area contributed by atoms with Crippen LogP contribution in [-0.2, 0) is 14.1 Å². The van der Waals surface area contributed by atoms with Crippen molar-refractivity contribution in [3.05, 3.63) is 30.7 Å². The molecule has 2 aromatic heterocycles. The van der Waals surface area contributed by atoms with E-state index in [2.05, 4.69) is 10.1 Å². The van der Waals surface area contributed by atoms with Crippen molar-refractivity contribution in [1.29, 1.82) is 0 Å². The summed E-state index contributed by atoms with van der Waals surface area (Å²) in [6.07, 6.45) is 3.58. The number of nitrogens with two attached hydrogens (primary N) is 1. The molecule has 0 amide bonds. The number of para-hydroxylation sites is 1. The van der Waals surface area contributed by atoms with Gasteiger partial charge in [0.05, 0.1) is 23.6 Å². The van der Waals surface area contributed by atoms with Gasteiger partial charge in [0.15, 0.2) is 0 Å². The van der Waals surface area contributed by atoms with Crippen molar-refractivity contribution in [2.75, 3.05) is 5.73 Å². The van der Waals surface area contributed by atoms with Crippen LogP contribution in [0, 0.1) is 0 Å². The molecule has 0 bridgehead atoms. The Morgan fingerprint density at radius 2 is 2.00 bits per heavy atom. The molecule has 0 atom stereocenters. The number of nitrogens with zero attached hydrogens (tertiary/aromatic N) is 4. The second-order valence-electron chi connectivity index (χ2n) is 4.10. The lowest BCUT2D eigenvalue weighted by atomic mass is 10.1. The fourth-order valence-electron chi connectivity index (χ4n) is 2.03. The molecule has 2 N–H and O–H groups in total. The summed E-state index contributed by atoms with van der Waals surface area (Å²) >= 11 is 0. The van der Waals surface area contributed by atoms with Gasteiger partial charge in [-0.3, -0.25) is 4.68 Å². The molecule has 3 rings (SSSR count). The van der Waals surface area contributed by atoms with E-state index in [1.54, 1.807) is 17.2 Å². The molecule has 0 aliphatic heterocycles. The van der Waals surface area contributed by atoms with Crippen molar-refractivity contribution in [2.24, 2.45) is 14.1 Å². The predicted octanol–water partition coefficient (Wildman–Crippen LogP) is 1.56. The predicted molar refractivity (Wildman–Crippen MR) is 67.3 cm³/mol. The zero-order chi connectivity index (χ0) is 12.0. The first-order valence-electron chi connectivity index (χ1n) is 5.36. The Morgan fingerprint density at radius 1 is 1.18 bits per heavy atom. The molecule has 0 saturated carbocycles. The molecular formula is C12H13N5. The van der Waals surface area contributed by atoms with E-state index < -0.39 is 0 Å². The van der Waals surface area contributed by atoms with E-state index >= 15 is 0 Å². The summed E-state index contributed by atoms with van der Waals surface area (Å²) in [7, 11) is 3.81. The van der Waals surface area contributed by atoms with E-state index in [-0.39, 0.29) is 0 Å². The van der Waals surface area contributed by atoms with Crippen LogP contribution in [0.2, 0.25) is 0 Å². The number of aryl methyl sites for hydroxylation is 2. The van der Waals surface area contributed by atoms with Gasteiger partial charge in [-0.1, -0.05) is 12.1 Å². The Balaban J connectivity index is 2.34. The highest BCUT2D eigenvalue weighted by Crippen LogP contribution is 2.30. The van der Waals surface area contributed by atoms with Crippen molar-refractivity contribution in [3.63, 3.8) is 0 Å². The smallest absolute Gasteiger partial charge is 0.129 e.